The highest BCUT2D eigenvalue weighted by Gasteiger charge is 2.59. The van der Waals surface area contributed by atoms with Crippen molar-refractivity contribution in [3.63, 3.8) is 0 Å². The second-order valence-electron chi connectivity index (χ2n) is 9.90. The quantitative estimate of drug-likeness (QED) is 0.844. The molecule has 156 valence electrons. The summed E-state index contributed by atoms with van der Waals surface area (Å²) in [6, 6.07) is 1.97. The molecule has 2 N–H and O–H groups in total. The molecule has 4 unspecified atom stereocenters. The minimum Gasteiger partial charge on any atom is -0.446 e. The van der Waals surface area contributed by atoms with Gasteiger partial charge in [-0.05, 0) is 76.2 Å². The number of amides is 2. The van der Waals surface area contributed by atoms with Gasteiger partial charge in [-0.25, -0.2) is 14.8 Å². The summed E-state index contributed by atoms with van der Waals surface area (Å²) < 4.78 is 6.06. The van der Waals surface area contributed by atoms with Gasteiger partial charge in [0.05, 0.1) is 5.41 Å². The molecule has 29 heavy (non-hydrogen) atoms. The number of aromatic nitrogens is 2. The van der Waals surface area contributed by atoms with E-state index in [1.54, 1.807) is 4.90 Å². The zero-order valence-electron chi connectivity index (χ0n) is 17.3. The van der Waals surface area contributed by atoms with Gasteiger partial charge in [0.15, 0.2) is 0 Å². The van der Waals surface area contributed by atoms with Crippen LogP contribution in [0, 0.1) is 37.0 Å². The average molecular weight is 399 g/mol. The highest BCUT2D eigenvalue weighted by atomic mass is 16.6. The highest BCUT2D eigenvalue weighted by Crippen LogP contribution is 2.60. The van der Waals surface area contributed by atoms with E-state index in [4.69, 9.17) is 10.5 Å². The molecule has 0 aromatic carbocycles. The molecule has 6 atom stereocenters. The van der Waals surface area contributed by atoms with Gasteiger partial charge >= 0.3 is 6.09 Å². The maximum atomic E-state index is 12.9. The number of aryl methyl sites for hydroxylation is 2. The van der Waals surface area contributed by atoms with Gasteiger partial charge in [0.1, 0.15) is 11.9 Å². The normalized spacial score (nSPS) is 37.7. The first-order valence-corrected chi connectivity index (χ1v) is 10.9. The number of ether oxygens (including phenoxy) is 1. The molecule has 1 aromatic heterocycles. The Balaban J connectivity index is 1.24. The fourth-order valence-electron chi connectivity index (χ4n) is 6.74. The van der Waals surface area contributed by atoms with Gasteiger partial charge in [0.2, 0.25) is 5.91 Å². The van der Waals surface area contributed by atoms with Crippen LogP contribution in [0.1, 0.15) is 61.7 Å². The van der Waals surface area contributed by atoms with Crippen molar-refractivity contribution in [3.05, 3.63) is 23.3 Å². The maximum absolute atomic E-state index is 12.9. The average Bonchev–Trinajstić information content (AvgIpc) is 3.13. The Morgan fingerprint density at radius 2 is 1.79 bits per heavy atom. The molecule has 2 heterocycles. The van der Waals surface area contributed by atoms with Crippen molar-refractivity contribution in [2.75, 3.05) is 13.1 Å². The van der Waals surface area contributed by atoms with Gasteiger partial charge in [0, 0.05) is 30.4 Å². The number of carbonyl (C=O) groups is 2. The Morgan fingerprint density at radius 1 is 1.14 bits per heavy atom. The van der Waals surface area contributed by atoms with E-state index in [2.05, 4.69) is 9.97 Å². The van der Waals surface area contributed by atoms with Crippen molar-refractivity contribution in [2.45, 2.75) is 64.4 Å². The lowest BCUT2D eigenvalue weighted by Gasteiger charge is -2.58. The molecule has 1 saturated heterocycles. The van der Waals surface area contributed by atoms with Crippen LogP contribution >= 0.6 is 0 Å². The smallest absolute Gasteiger partial charge is 0.410 e. The first kappa shape index (κ1) is 18.8. The van der Waals surface area contributed by atoms with Crippen molar-refractivity contribution < 1.29 is 14.3 Å². The van der Waals surface area contributed by atoms with E-state index in [1.807, 2.05) is 19.9 Å². The molecule has 5 fully saturated rings. The first-order chi connectivity index (χ1) is 13.8. The summed E-state index contributed by atoms with van der Waals surface area (Å²) in [4.78, 5) is 36.0. The second kappa shape index (κ2) is 6.67. The molecule has 2 amide bonds. The zero-order valence-corrected chi connectivity index (χ0v) is 17.3. The topological polar surface area (TPSA) is 98.4 Å². The van der Waals surface area contributed by atoms with E-state index >= 15 is 0 Å². The van der Waals surface area contributed by atoms with Crippen LogP contribution in [-0.2, 0) is 9.53 Å². The third kappa shape index (κ3) is 3.19. The predicted octanol–water partition coefficient (Wildman–Crippen LogP) is 2.70. The lowest BCUT2D eigenvalue weighted by Crippen LogP contribution is -2.59. The molecule has 4 bridgehead atoms. The van der Waals surface area contributed by atoms with Crippen molar-refractivity contribution >= 4 is 12.0 Å². The molecular weight excluding hydrogens is 368 g/mol. The Bertz CT molecular complexity index is 820. The second-order valence-corrected chi connectivity index (χ2v) is 9.90. The zero-order chi connectivity index (χ0) is 20.3. The van der Waals surface area contributed by atoms with Crippen molar-refractivity contribution in [3.8, 4) is 0 Å². The summed E-state index contributed by atoms with van der Waals surface area (Å²) in [5.41, 5.74) is 7.34. The minimum atomic E-state index is -0.349. The maximum Gasteiger partial charge on any atom is 0.410 e. The summed E-state index contributed by atoms with van der Waals surface area (Å²) in [5, 5.41) is 0. The fourth-order valence-corrected chi connectivity index (χ4v) is 6.74. The number of rotatable bonds is 3. The van der Waals surface area contributed by atoms with Crippen LogP contribution in [0.4, 0.5) is 4.79 Å². The van der Waals surface area contributed by atoms with E-state index in [0.717, 1.165) is 55.7 Å². The summed E-state index contributed by atoms with van der Waals surface area (Å²) >= 11 is 0. The minimum absolute atomic E-state index is 0.0666. The molecule has 1 aromatic rings. The molecule has 0 spiro atoms. The molecule has 1 aliphatic heterocycles. The van der Waals surface area contributed by atoms with Crippen molar-refractivity contribution in [1.29, 1.82) is 0 Å². The molecule has 4 aliphatic carbocycles. The molecular formula is C22H30N4O3. The van der Waals surface area contributed by atoms with E-state index in [9.17, 15) is 9.59 Å². The van der Waals surface area contributed by atoms with Crippen LogP contribution in [0.3, 0.4) is 0 Å². The van der Waals surface area contributed by atoms with Gasteiger partial charge in [-0.15, -0.1) is 0 Å². The Kier molecular flexibility index (Phi) is 4.33. The first-order valence-electron chi connectivity index (χ1n) is 10.9. The predicted molar refractivity (Wildman–Crippen MR) is 106 cm³/mol. The number of nitrogens with zero attached hydrogens (tertiary/aromatic N) is 3. The number of primary amides is 1. The largest absolute Gasteiger partial charge is 0.446 e. The molecule has 7 nitrogen and oxygen atoms in total. The summed E-state index contributed by atoms with van der Waals surface area (Å²) in [6.07, 6.45) is 5.19. The van der Waals surface area contributed by atoms with Gasteiger partial charge in [-0.3, -0.25) is 4.79 Å². The fraction of sp³-hybridized carbons (Fsp3) is 0.727. The molecule has 7 heteroatoms. The summed E-state index contributed by atoms with van der Waals surface area (Å²) in [5.74, 6) is 1.96. The van der Waals surface area contributed by atoms with Crippen LogP contribution in [-0.4, -0.2) is 46.1 Å². The van der Waals surface area contributed by atoms with Gasteiger partial charge in [0.25, 0.3) is 0 Å². The highest BCUT2D eigenvalue weighted by molar-refractivity contribution is 5.81. The Morgan fingerprint density at radius 3 is 2.41 bits per heavy atom. The number of carbonyl (C=O) groups excluding carboxylic acids is 2. The Hall–Kier alpha value is -2.18. The van der Waals surface area contributed by atoms with Crippen LogP contribution in [0.2, 0.25) is 0 Å². The van der Waals surface area contributed by atoms with Gasteiger partial charge in [-0.1, -0.05) is 0 Å². The van der Waals surface area contributed by atoms with Crippen molar-refractivity contribution in [2.24, 2.45) is 28.9 Å². The number of nitrogens with two attached hydrogens (primary N) is 1. The van der Waals surface area contributed by atoms with Crippen LogP contribution in [0.15, 0.2) is 6.07 Å². The third-order valence-corrected chi connectivity index (χ3v) is 7.76. The lowest BCUT2D eigenvalue weighted by molar-refractivity contribution is -0.161. The van der Waals surface area contributed by atoms with Crippen molar-refractivity contribution in [1.82, 2.24) is 14.9 Å². The molecule has 5 aliphatic rings. The number of hydrogen-bond acceptors (Lipinski definition) is 5. The SMILES string of the molecule is Cc1cc(C)nc(C2CCN(C(=O)OC3C4CC5C[C@@H]3C[C@@](C(N)=O)(C5)C4)C2)n1. The van der Waals surface area contributed by atoms with Gasteiger partial charge < -0.3 is 15.4 Å². The van der Waals surface area contributed by atoms with E-state index < -0.39 is 0 Å². The standard InChI is InChI=1S/C22H30N4O3/c1-12-5-13(2)25-19(24-12)15-3-4-26(11-15)21(28)29-18-16-6-14-7-17(18)10-22(8-14,9-16)20(23)27/h5,14-18H,3-4,6-11H2,1-2H3,(H2,23,27)/t14?,15?,16-,17?,18?,22+/m1/s1. The molecule has 4 saturated carbocycles. The van der Waals surface area contributed by atoms with Crippen LogP contribution in [0.25, 0.3) is 0 Å². The van der Waals surface area contributed by atoms with Crippen LogP contribution in [0.5, 0.6) is 0 Å². The Labute approximate surface area is 171 Å². The summed E-state index contributed by atoms with van der Waals surface area (Å²) in [6.45, 7) is 5.24. The van der Waals surface area contributed by atoms with E-state index in [1.165, 1.54) is 0 Å². The monoisotopic (exact) mass is 398 g/mol. The third-order valence-electron chi connectivity index (χ3n) is 7.76. The molecule has 6 rings (SSSR count). The van der Waals surface area contributed by atoms with Gasteiger partial charge in [-0.2, -0.15) is 0 Å². The summed E-state index contributed by atoms with van der Waals surface area (Å²) in [7, 11) is 0. The number of hydrogen-bond donors (Lipinski definition) is 1. The molecule has 0 radical (unpaired) electrons. The van der Waals surface area contributed by atoms with E-state index in [0.29, 0.717) is 19.0 Å². The van der Waals surface area contributed by atoms with Crippen LogP contribution < -0.4 is 5.73 Å². The lowest BCUT2D eigenvalue weighted by atomic mass is 9.48. The van der Waals surface area contributed by atoms with E-state index in [-0.39, 0.29) is 41.3 Å². The number of likely N-dealkylation sites (tertiary alicyclic amines) is 1.